The molecule has 5 nitrogen and oxygen atoms in total. The zero-order chi connectivity index (χ0) is 17.4. The van der Waals surface area contributed by atoms with Crippen molar-refractivity contribution in [2.75, 3.05) is 0 Å². The molecule has 0 aliphatic carbocycles. The Morgan fingerprint density at radius 3 is 2.58 bits per heavy atom. The normalized spacial score (nSPS) is 11.2. The Balaban J connectivity index is 2.15. The number of pyridine rings is 1. The van der Waals surface area contributed by atoms with Crippen molar-refractivity contribution in [2.24, 2.45) is 14.1 Å². The van der Waals surface area contributed by atoms with Crippen molar-refractivity contribution in [1.82, 2.24) is 14.1 Å². The van der Waals surface area contributed by atoms with E-state index in [1.165, 1.54) is 22.7 Å². The summed E-state index contributed by atoms with van der Waals surface area (Å²) in [6, 6.07) is 8.31. The molecule has 0 N–H and O–H groups in total. The second-order valence-corrected chi connectivity index (χ2v) is 6.94. The van der Waals surface area contributed by atoms with Gasteiger partial charge in [0.25, 0.3) is 5.56 Å². The minimum Gasteiger partial charge on any atom is -0.280 e. The zero-order valence-electron chi connectivity index (χ0n) is 14.2. The highest BCUT2D eigenvalue weighted by Gasteiger charge is 2.16. The maximum Gasteiger partial charge on any atom is 0.332 e. The molecule has 0 spiro atoms. The number of hydrogen-bond donors (Lipinski definition) is 0. The molecule has 3 rings (SSSR count). The van der Waals surface area contributed by atoms with Crippen LogP contribution in [0.2, 0.25) is 0 Å². The first-order chi connectivity index (χ1) is 11.4. The third-order valence-electron chi connectivity index (χ3n) is 4.07. The van der Waals surface area contributed by atoms with E-state index in [-0.39, 0.29) is 11.2 Å². The van der Waals surface area contributed by atoms with Gasteiger partial charge in [0.05, 0.1) is 5.39 Å². The molecule has 0 saturated carbocycles. The number of aryl methyl sites for hydroxylation is 3. The van der Waals surface area contributed by atoms with E-state index >= 15 is 0 Å². The number of hydrogen-bond acceptors (Lipinski definition) is 4. The first-order valence-corrected chi connectivity index (χ1v) is 8.62. The van der Waals surface area contributed by atoms with Gasteiger partial charge in [0.15, 0.2) is 0 Å². The van der Waals surface area contributed by atoms with Crippen LogP contribution in [0.1, 0.15) is 16.7 Å². The van der Waals surface area contributed by atoms with Gasteiger partial charge in [-0.2, -0.15) is 0 Å². The van der Waals surface area contributed by atoms with Crippen LogP contribution in [0.15, 0.2) is 44.9 Å². The van der Waals surface area contributed by atoms with E-state index in [1.54, 1.807) is 25.0 Å². The summed E-state index contributed by atoms with van der Waals surface area (Å²) in [5, 5.41) is 0.511. The molecule has 24 heavy (non-hydrogen) atoms. The summed E-state index contributed by atoms with van der Waals surface area (Å²) in [6.07, 6.45) is 1.72. The Bertz CT molecular complexity index is 1050. The molecule has 124 valence electrons. The third kappa shape index (κ3) is 2.78. The van der Waals surface area contributed by atoms with Crippen molar-refractivity contribution < 1.29 is 0 Å². The summed E-state index contributed by atoms with van der Waals surface area (Å²) in [6.45, 7) is 4.00. The van der Waals surface area contributed by atoms with Crippen LogP contribution in [-0.2, 0) is 19.8 Å². The SMILES string of the molecule is Cc1cccc(CSc2c(C)cnc3c2c(=O)n(C)c(=O)n3C)c1. The summed E-state index contributed by atoms with van der Waals surface area (Å²) < 4.78 is 2.56. The highest BCUT2D eigenvalue weighted by Crippen LogP contribution is 2.30. The number of aromatic nitrogens is 3. The van der Waals surface area contributed by atoms with Crippen molar-refractivity contribution >= 4 is 22.8 Å². The van der Waals surface area contributed by atoms with Crippen LogP contribution < -0.4 is 11.2 Å². The molecule has 0 bridgehead atoms. The molecule has 0 aliphatic heterocycles. The van der Waals surface area contributed by atoms with Crippen molar-refractivity contribution in [3.63, 3.8) is 0 Å². The molecular formula is C18H19N3O2S. The van der Waals surface area contributed by atoms with Gasteiger partial charge in [-0.15, -0.1) is 11.8 Å². The fourth-order valence-electron chi connectivity index (χ4n) is 2.74. The van der Waals surface area contributed by atoms with Crippen molar-refractivity contribution in [2.45, 2.75) is 24.5 Å². The van der Waals surface area contributed by atoms with Crippen molar-refractivity contribution in [1.29, 1.82) is 0 Å². The van der Waals surface area contributed by atoms with Gasteiger partial charge >= 0.3 is 5.69 Å². The molecular weight excluding hydrogens is 322 g/mol. The van der Waals surface area contributed by atoms with Gasteiger partial charge < -0.3 is 0 Å². The number of thioether (sulfide) groups is 1. The predicted octanol–water partition coefficient (Wildman–Crippen LogP) is 2.54. The largest absolute Gasteiger partial charge is 0.332 e. The molecule has 0 atom stereocenters. The van der Waals surface area contributed by atoms with Crippen LogP contribution >= 0.6 is 11.8 Å². The average molecular weight is 341 g/mol. The lowest BCUT2D eigenvalue weighted by Gasteiger charge is -2.12. The first kappa shape index (κ1) is 16.5. The lowest BCUT2D eigenvalue weighted by molar-refractivity contribution is 0.705. The molecule has 3 aromatic rings. The summed E-state index contributed by atoms with van der Waals surface area (Å²) in [4.78, 5) is 29.9. The van der Waals surface area contributed by atoms with Crippen LogP contribution in [0.5, 0.6) is 0 Å². The molecule has 0 aliphatic rings. The van der Waals surface area contributed by atoms with Gasteiger partial charge in [0.1, 0.15) is 5.65 Å². The van der Waals surface area contributed by atoms with E-state index in [2.05, 4.69) is 30.1 Å². The smallest absolute Gasteiger partial charge is 0.280 e. The Hall–Kier alpha value is -2.34. The molecule has 6 heteroatoms. The van der Waals surface area contributed by atoms with Gasteiger partial charge in [-0.3, -0.25) is 13.9 Å². The minimum absolute atomic E-state index is 0.295. The number of nitrogens with zero attached hydrogens (tertiary/aromatic N) is 3. The molecule has 1 aromatic carbocycles. The predicted molar refractivity (Wildman–Crippen MR) is 97.7 cm³/mol. The monoisotopic (exact) mass is 341 g/mol. The van der Waals surface area contributed by atoms with E-state index in [4.69, 9.17) is 0 Å². The van der Waals surface area contributed by atoms with Crippen molar-refractivity contribution in [3.8, 4) is 0 Å². The summed E-state index contributed by atoms with van der Waals surface area (Å²) in [7, 11) is 3.14. The highest BCUT2D eigenvalue weighted by atomic mass is 32.2. The molecule has 2 aromatic heterocycles. The van der Waals surface area contributed by atoms with E-state index in [9.17, 15) is 9.59 Å². The minimum atomic E-state index is -0.363. The third-order valence-corrected chi connectivity index (χ3v) is 5.36. The van der Waals surface area contributed by atoms with Crippen LogP contribution in [0.3, 0.4) is 0 Å². The molecule has 0 amide bonds. The van der Waals surface area contributed by atoms with Crippen LogP contribution in [0.4, 0.5) is 0 Å². The molecule has 0 fully saturated rings. The maximum atomic E-state index is 12.6. The second-order valence-electron chi connectivity index (χ2n) is 5.95. The lowest BCUT2D eigenvalue weighted by Crippen LogP contribution is -2.37. The summed E-state index contributed by atoms with van der Waals surface area (Å²) >= 11 is 1.61. The van der Waals surface area contributed by atoms with Crippen LogP contribution in [-0.4, -0.2) is 14.1 Å². The summed E-state index contributed by atoms with van der Waals surface area (Å²) in [5.74, 6) is 0.758. The lowest BCUT2D eigenvalue weighted by atomic mass is 10.2. The number of rotatable bonds is 3. The van der Waals surface area contributed by atoms with Gasteiger partial charge in [0, 0.05) is 30.9 Å². The van der Waals surface area contributed by atoms with E-state index in [0.29, 0.717) is 11.0 Å². The Morgan fingerprint density at radius 1 is 1.12 bits per heavy atom. The Kier molecular flexibility index (Phi) is 4.32. The first-order valence-electron chi connectivity index (χ1n) is 7.64. The Labute approximate surface area is 144 Å². The molecule has 0 saturated heterocycles. The van der Waals surface area contributed by atoms with Crippen molar-refractivity contribution in [3.05, 3.63) is 68.0 Å². The van der Waals surface area contributed by atoms with Crippen LogP contribution in [0, 0.1) is 13.8 Å². The van der Waals surface area contributed by atoms with E-state index in [1.807, 2.05) is 13.0 Å². The van der Waals surface area contributed by atoms with E-state index in [0.717, 1.165) is 20.8 Å². The molecule has 2 heterocycles. The molecule has 0 unspecified atom stereocenters. The zero-order valence-corrected chi connectivity index (χ0v) is 15.0. The average Bonchev–Trinajstić information content (AvgIpc) is 2.56. The summed E-state index contributed by atoms with van der Waals surface area (Å²) in [5.41, 5.74) is 3.12. The standard InChI is InChI=1S/C18H19N3O2S/c1-11-6-5-7-13(8-11)10-24-15-12(2)9-19-16-14(15)17(22)21(4)18(23)20(16)3/h5-9H,10H2,1-4H3. The van der Waals surface area contributed by atoms with Gasteiger partial charge in [0.2, 0.25) is 0 Å². The Morgan fingerprint density at radius 2 is 1.88 bits per heavy atom. The van der Waals surface area contributed by atoms with Gasteiger partial charge in [-0.05, 0) is 25.0 Å². The molecule has 0 radical (unpaired) electrons. The second kappa shape index (κ2) is 6.28. The number of fused-ring (bicyclic) bond motifs is 1. The topological polar surface area (TPSA) is 56.9 Å². The highest BCUT2D eigenvalue weighted by molar-refractivity contribution is 7.98. The fraction of sp³-hybridized carbons (Fsp3) is 0.278. The number of benzene rings is 1. The van der Waals surface area contributed by atoms with Crippen LogP contribution in [0.25, 0.3) is 11.0 Å². The van der Waals surface area contributed by atoms with E-state index < -0.39 is 0 Å². The maximum absolute atomic E-state index is 12.6. The fourth-order valence-corrected chi connectivity index (χ4v) is 3.83. The van der Waals surface area contributed by atoms with Gasteiger partial charge in [-0.25, -0.2) is 9.78 Å². The quantitative estimate of drug-likeness (QED) is 0.687. The van der Waals surface area contributed by atoms with Gasteiger partial charge in [-0.1, -0.05) is 29.8 Å².